The summed E-state index contributed by atoms with van der Waals surface area (Å²) in [5.74, 6) is 25.5. The summed E-state index contributed by atoms with van der Waals surface area (Å²) in [4.78, 5) is 0. The van der Waals surface area contributed by atoms with E-state index < -0.39 is 59.6 Å². The zero-order chi connectivity index (χ0) is 70.9. The third kappa shape index (κ3) is 13.5. The van der Waals surface area contributed by atoms with Crippen LogP contribution in [0.5, 0.6) is 0 Å². The van der Waals surface area contributed by atoms with Gasteiger partial charge >= 0.3 is 0 Å². The van der Waals surface area contributed by atoms with Gasteiger partial charge < -0.3 is 9.47 Å². The predicted molar refractivity (Wildman–Crippen MR) is 428 cm³/mol. The molecule has 92 heavy (non-hydrogen) atoms. The van der Waals surface area contributed by atoms with Gasteiger partial charge in [0, 0.05) is 58.4 Å². The lowest BCUT2D eigenvalue weighted by Crippen LogP contribution is -2.54. The van der Waals surface area contributed by atoms with Crippen molar-refractivity contribution in [2.24, 2.45) is 0 Å². The van der Waals surface area contributed by atoms with E-state index >= 15 is 0 Å². The van der Waals surface area contributed by atoms with Gasteiger partial charge in [-0.3, -0.25) is 0 Å². The summed E-state index contributed by atoms with van der Waals surface area (Å²) in [5, 5.41) is 4.37. The van der Waals surface area contributed by atoms with Crippen molar-refractivity contribution in [2.45, 2.75) is 360 Å². The van der Waals surface area contributed by atoms with Gasteiger partial charge in [-0.25, -0.2) is 0 Å². The molecular formula is C84H136O2Si6. The monoisotopic (exact) mass is 1340 g/mol. The molecule has 0 radical (unpaired) electrons. The molecule has 1 aliphatic rings. The fraction of sp³-hybridized carbons (Fsp3) is 0.690. The van der Waals surface area contributed by atoms with Crippen LogP contribution in [-0.2, 0) is 20.7 Å². The highest BCUT2D eigenvalue weighted by Gasteiger charge is 2.60. The lowest BCUT2D eigenvalue weighted by molar-refractivity contribution is -0.132. The van der Waals surface area contributed by atoms with Crippen LogP contribution in [0.15, 0.2) is 24.3 Å². The Kier molecular flexibility index (Phi) is 27.1. The number of rotatable bonds is 20. The molecule has 2 atom stereocenters. The molecule has 0 aliphatic heterocycles. The summed E-state index contributed by atoms with van der Waals surface area (Å²) in [6.45, 7) is 87.6. The van der Waals surface area contributed by atoms with Crippen molar-refractivity contribution in [3.63, 3.8) is 0 Å². The van der Waals surface area contributed by atoms with Gasteiger partial charge in [-0.1, -0.05) is 285 Å². The lowest BCUT2D eigenvalue weighted by atomic mass is 9.65. The first-order chi connectivity index (χ1) is 42.3. The smallest absolute Gasteiger partial charge is 0.198 e. The second-order valence-corrected chi connectivity index (χ2v) is 67.8. The third-order valence-electron chi connectivity index (χ3n) is 24.9. The van der Waals surface area contributed by atoms with Gasteiger partial charge in [-0.05, 0) is 135 Å². The van der Waals surface area contributed by atoms with Crippen molar-refractivity contribution in [3.8, 4) is 68.8 Å². The molecule has 0 amide bonds. The average molecular weight is 1350 g/mol. The minimum absolute atomic E-state index is 0.357. The molecule has 2 unspecified atom stereocenters. The van der Waals surface area contributed by atoms with Crippen LogP contribution >= 0.6 is 0 Å². The van der Waals surface area contributed by atoms with E-state index in [1.807, 2.05) is 14.2 Å². The quantitative estimate of drug-likeness (QED) is 0.0638. The second-order valence-electron chi connectivity index (χ2n) is 34.3. The Morgan fingerprint density at radius 1 is 0.250 bits per heavy atom. The van der Waals surface area contributed by atoms with Gasteiger partial charge in [0.25, 0.3) is 0 Å². The van der Waals surface area contributed by atoms with Crippen LogP contribution in [0.25, 0.3) is 21.5 Å². The first-order valence-corrected chi connectivity index (χ1v) is 50.2. The molecule has 1 aliphatic carbocycles. The molecule has 3 aromatic carbocycles. The highest BCUT2D eigenvalue weighted by Crippen LogP contribution is 2.58. The van der Waals surface area contributed by atoms with Crippen LogP contribution in [0, 0.1) is 68.8 Å². The zero-order valence-electron chi connectivity index (χ0n) is 66.5. The van der Waals surface area contributed by atoms with Crippen molar-refractivity contribution in [3.05, 3.63) is 57.6 Å². The van der Waals surface area contributed by atoms with E-state index in [0.29, 0.717) is 99.7 Å². The van der Waals surface area contributed by atoms with Gasteiger partial charge in [0.1, 0.15) is 48.4 Å². The highest BCUT2D eigenvalue weighted by atomic mass is 28.3. The van der Waals surface area contributed by atoms with E-state index in [1.54, 1.807) is 0 Å². The Morgan fingerprint density at radius 2 is 0.424 bits per heavy atom. The zero-order valence-corrected chi connectivity index (χ0v) is 72.5. The van der Waals surface area contributed by atoms with Crippen molar-refractivity contribution in [1.82, 2.24) is 0 Å². The molecule has 0 fully saturated rings. The second kappa shape index (κ2) is 30.7. The summed E-state index contributed by atoms with van der Waals surface area (Å²) in [6.07, 6.45) is 0. The van der Waals surface area contributed by atoms with Crippen LogP contribution < -0.4 is 0 Å². The van der Waals surface area contributed by atoms with Crippen LogP contribution in [0.4, 0.5) is 0 Å². The average Bonchev–Trinajstić information content (AvgIpc) is 0.672. The van der Waals surface area contributed by atoms with Gasteiger partial charge in [-0.2, -0.15) is 0 Å². The van der Waals surface area contributed by atoms with Gasteiger partial charge in [0.05, 0.1) is 0 Å². The number of ether oxygens (including phenoxy) is 2. The van der Waals surface area contributed by atoms with Crippen molar-refractivity contribution >= 4 is 70.0 Å². The van der Waals surface area contributed by atoms with Gasteiger partial charge in [0.15, 0.2) is 11.2 Å². The normalized spacial score (nSPS) is 16.9. The van der Waals surface area contributed by atoms with E-state index in [-0.39, 0.29) is 0 Å². The number of hydrogen-bond donors (Lipinski definition) is 0. The molecule has 508 valence electrons. The minimum atomic E-state index is -2.52. The van der Waals surface area contributed by atoms with E-state index in [4.69, 9.17) is 9.47 Å². The van der Waals surface area contributed by atoms with Gasteiger partial charge in [0.2, 0.25) is 0 Å². The summed E-state index contributed by atoms with van der Waals surface area (Å²) in [5.41, 5.74) is 36.3. The maximum Gasteiger partial charge on any atom is 0.198 e. The van der Waals surface area contributed by atoms with Crippen molar-refractivity contribution < 1.29 is 9.47 Å². The Labute approximate surface area is 576 Å². The molecule has 0 saturated heterocycles. The number of benzene rings is 3. The Bertz CT molecular complexity index is 3130. The van der Waals surface area contributed by atoms with Crippen molar-refractivity contribution in [2.75, 3.05) is 14.2 Å². The van der Waals surface area contributed by atoms with E-state index in [1.165, 1.54) is 0 Å². The van der Waals surface area contributed by atoms with E-state index in [9.17, 15) is 0 Å². The SMILES string of the molecule is COC1(C#C[Si](C(C)C)(C(C)C)C(C)C)c2cc(C#C[Si](C(C)C)(C(C)C)C(C)C)cc3c(C#C[Si](C(C)C)(C(C)C)C(C)C)c(C#C[Si](C(C)C)(C(C)C)C(C)C)c4cc(C#C[Si](C(C)C)(C(C)C)C(C)C)cc(c4c23)C1(C#C[Si](C(C)C)(C(C)C)C(C)C)OC. The molecule has 8 heteroatoms. The topological polar surface area (TPSA) is 18.5 Å². The summed E-state index contributed by atoms with van der Waals surface area (Å²) < 4.78 is 15.5. The molecular weight excluding hydrogens is 1210 g/mol. The fourth-order valence-corrected chi connectivity index (χ4v) is 51.8. The first kappa shape index (κ1) is 81.2. The molecule has 0 heterocycles. The molecule has 2 nitrogen and oxygen atoms in total. The molecule has 4 rings (SSSR count). The largest absolute Gasteiger partial charge is 0.357 e. The van der Waals surface area contributed by atoms with Crippen LogP contribution in [0.3, 0.4) is 0 Å². The number of methoxy groups -OCH3 is 2. The predicted octanol–water partition coefficient (Wildman–Crippen LogP) is 25.4. The third-order valence-corrected chi connectivity index (χ3v) is 62.7. The van der Waals surface area contributed by atoms with Crippen molar-refractivity contribution in [1.29, 1.82) is 0 Å². The Balaban J connectivity index is 3.03. The first-order valence-electron chi connectivity index (χ1n) is 36.8. The summed E-state index contributed by atoms with van der Waals surface area (Å²) in [6, 6.07) is 9.69. The molecule has 0 spiro atoms. The van der Waals surface area contributed by atoms with Crippen LogP contribution in [-0.4, -0.2) is 62.7 Å². The Morgan fingerprint density at radius 3 is 0.598 bits per heavy atom. The lowest BCUT2D eigenvalue weighted by Gasteiger charge is -2.48. The van der Waals surface area contributed by atoms with Crippen LogP contribution in [0.1, 0.15) is 283 Å². The van der Waals surface area contributed by atoms with E-state index in [2.05, 4.69) is 342 Å². The van der Waals surface area contributed by atoms with Gasteiger partial charge in [-0.15, -0.1) is 33.3 Å². The molecule has 3 aromatic rings. The Hall–Kier alpha value is -3.24. The summed E-state index contributed by atoms with van der Waals surface area (Å²) >= 11 is 0. The standard InChI is InChI=1S/C84H136O2Si6/c1-55(2)87(56(3)4,57(5)6)45-39-73-51-77-75(41-47-89(61(13)14,62(15)16)63(17)18)76(42-48-90(64(19)20,65(21)22)66(23)24)78-52-74(40-46-88(58(7)8,59(9)10)60(11)12)54-80-82(78)81(77)79(53-73)83(85-37,43-49-91(67(25)26,68(27)28)69(29)30)84(80,86-38)44-50-92(70(31)32,71(33)34)72(35)36/h51-72H,1-38H3. The highest BCUT2D eigenvalue weighted by molar-refractivity contribution is 6.93. The van der Waals surface area contributed by atoms with E-state index in [0.717, 1.165) is 54.9 Å². The maximum absolute atomic E-state index is 7.77. The molecule has 0 saturated carbocycles. The fourth-order valence-electron chi connectivity index (χ4n) is 20.4. The van der Waals surface area contributed by atoms with Crippen LogP contribution in [0.2, 0.25) is 99.7 Å². The summed E-state index contributed by atoms with van der Waals surface area (Å²) in [7, 11) is -10.6. The molecule has 0 aromatic heterocycles. The minimum Gasteiger partial charge on any atom is -0.357 e. The maximum atomic E-state index is 7.77. The molecule has 0 bridgehead atoms. The molecule has 0 N–H and O–H groups in total. The number of hydrogen-bond acceptors (Lipinski definition) is 2.